The average Bonchev–Trinajstić information content (AvgIpc) is 2.41. The van der Waals surface area contributed by atoms with Gasteiger partial charge in [0.25, 0.3) is 0 Å². The molecular weight excluding hydrogens is 333 g/mol. The molecule has 1 fully saturated rings. The number of alkyl halides is 1. The Labute approximate surface area is 122 Å². The number of likely N-dealkylation sites (tertiary alicyclic amines) is 1. The summed E-state index contributed by atoms with van der Waals surface area (Å²) in [4.78, 5) is 2.45. The average molecular weight is 349 g/mol. The van der Waals surface area contributed by atoms with Gasteiger partial charge in [0, 0.05) is 6.54 Å². The van der Waals surface area contributed by atoms with Crippen molar-refractivity contribution in [2.45, 2.75) is 9.46 Å². The minimum atomic E-state index is 0.0447. The monoisotopic (exact) mass is 349 g/mol. The molecule has 0 amide bonds. The van der Waals surface area contributed by atoms with Crippen LogP contribution in [0, 0.1) is 0 Å². The van der Waals surface area contributed by atoms with Crippen molar-refractivity contribution in [1.82, 2.24) is 4.90 Å². The molecule has 0 saturated carbocycles. The summed E-state index contributed by atoms with van der Waals surface area (Å²) in [7, 11) is 2.22. The van der Waals surface area contributed by atoms with E-state index in [1.54, 1.807) is 0 Å². The summed E-state index contributed by atoms with van der Waals surface area (Å²) in [5.41, 5.74) is 2.83. The van der Waals surface area contributed by atoms with E-state index in [4.69, 9.17) is 0 Å². The lowest BCUT2D eigenvalue weighted by atomic mass is 9.73. The zero-order valence-electron chi connectivity index (χ0n) is 10.4. The standard InChI is InChI=1S/C16H16IN/c1-18-12-15(17)16(18,13-8-4-2-5-9-13)14-10-6-3-7-11-14/h2-11,15H,12H2,1H3. The van der Waals surface area contributed by atoms with E-state index in [9.17, 15) is 0 Å². The highest BCUT2D eigenvalue weighted by molar-refractivity contribution is 14.1. The van der Waals surface area contributed by atoms with E-state index in [2.05, 4.69) is 95.2 Å². The highest BCUT2D eigenvalue weighted by atomic mass is 127. The molecule has 2 aromatic rings. The summed E-state index contributed by atoms with van der Waals surface area (Å²) in [6, 6.07) is 21.7. The number of hydrogen-bond acceptors (Lipinski definition) is 1. The van der Waals surface area contributed by atoms with Gasteiger partial charge < -0.3 is 0 Å². The third kappa shape index (κ3) is 1.62. The van der Waals surface area contributed by atoms with Gasteiger partial charge in [0.15, 0.2) is 0 Å². The Bertz CT molecular complexity index is 474. The lowest BCUT2D eigenvalue weighted by Crippen LogP contribution is -2.64. The zero-order chi connectivity index (χ0) is 12.6. The van der Waals surface area contributed by atoms with Gasteiger partial charge >= 0.3 is 0 Å². The van der Waals surface area contributed by atoms with Crippen molar-refractivity contribution in [3.63, 3.8) is 0 Å². The summed E-state index contributed by atoms with van der Waals surface area (Å²) in [6.45, 7) is 1.14. The highest BCUT2D eigenvalue weighted by Crippen LogP contribution is 2.48. The summed E-state index contributed by atoms with van der Waals surface area (Å²) in [5, 5.41) is 0. The van der Waals surface area contributed by atoms with Crippen LogP contribution in [-0.4, -0.2) is 22.4 Å². The summed E-state index contributed by atoms with van der Waals surface area (Å²) >= 11 is 2.59. The van der Waals surface area contributed by atoms with Crippen LogP contribution in [0.3, 0.4) is 0 Å². The van der Waals surface area contributed by atoms with Gasteiger partial charge in [-0.05, 0) is 18.2 Å². The van der Waals surface area contributed by atoms with E-state index in [0.29, 0.717) is 3.92 Å². The molecule has 1 heterocycles. The number of rotatable bonds is 2. The van der Waals surface area contributed by atoms with E-state index < -0.39 is 0 Å². The lowest BCUT2D eigenvalue weighted by molar-refractivity contribution is 0.0631. The fourth-order valence-electron chi connectivity index (χ4n) is 3.00. The molecule has 2 aromatic carbocycles. The van der Waals surface area contributed by atoms with Crippen molar-refractivity contribution in [2.75, 3.05) is 13.6 Å². The van der Waals surface area contributed by atoms with E-state index in [1.807, 2.05) is 0 Å². The maximum absolute atomic E-state index is 2.59. The van der Waals surface area contributed by atoms with E-state index in [-0.39, 0.29) is 5.54 Å². The second-order valence-electron chi connectivity index (χ2n) is 4.85. The van der Waals surface area contributed by atoms with E-state index >= 15 is 0 Å². The zero-order valence-corrected chi connectivity index (χ0v) is 12.5. The predicted octanol–water partition coefficient (Wildman–Crippen LogP) is 3.68. The molecule has 0 aliphatic carbocycles. The minimum absolute atomic E-state index is 0.0447. The summed E-state index contributed by atoms with van der Waals surface area (Å²) in [5.74, 6) is 0. The van der Waals surface area contributed by atoms with Crippen molar-refractivity contribution in [3.05, 3.63) is 71.8 Å². The van der Waals surface area contributed by atoms with Crippen LogP contribution >= 0.6 is 22.6 Å². The van der Waals surface area contributed by atoms with Crippen LogP contribution in [0.4, 0.5) is 0 Å². The quantitative estimate of drug-likeness (QED) is 0.591. The summed E-state index contributed by atoms with van der Waals surface area (Å²) < 4.78 is 0.616. The van der Waals surface area contributed by atoms with Gasteiger partial charge in [-0.1, -0.05) is 83.3 Å². The number of halogens is 1. The molecule has 1 atom stereocenters. The van der Waals surface area contributed by atoms with Gasteiger partial charge in [-0.2, -0.15) is 0 Å². The Kier molecular flexibility index (Phi) is 3.16. The molecule has 0 radical (unpaired) electrons. The predicted molar refractivity (Wildman–Crippen MR) is 84.1 cm³/mol. The van der Waals surface area contributed by atoms with Crippen molar-refractivity contribution >= 4 is 22.6 Å². The van der Waals surface area contributed by atoms with Crippen molar-refractivity contribution in [1.29, 1.82) is 0 Å². The van der Waals surface area contributed by atoms with Crippen LogP contribution in [0.5, 0.6) is 0 Å². The Hall–Kier alpha value is -0.870. The fourth-order valence-corrected chi connectivity index (χ4v) is 4.78. The topological polar surface area (TPSA) is 3.24 Å². The number of benzene rings is 2. The van der Waals surface area contributed by atoms with Gasteiger partial charge in [-0.15, -0.1) is 0 Å². The van der Waals surface area contributed by atoms with Gasteiger partial charge in [0.1, 0.15) is 0 Å². The molecule has 1 nitrogen and oxygen atoms in total. The maximum Gasteiger partial charge on any atom is 0.0845 e. The first kappa shape index (κ1) is 12.2. The van der Waals surface area contributed by atoms with Crippen LogP contribution in [-0.2, 0) is 5.54 Å². The van der Waals surface area contributed by atoms with Crippen LogP contribution in [0.25, 0.3) is 0 Å². The first-order valence-electron chi connectivity index (χ1n) is 6.22. The molecule has 0 spiro atoms. The Balaban J connectivity index is 2.17. The van der Waals surface area contributed by atoms with Gasteiger partial charge in [0.05, 0.1) is 9.46 Å². The lowest BCUT2D eigenvalue weighted by Gasteiger charge is -2.56. The van der Waals surface area contributed by atoms with Gasteiger partial charge in [-0.25, -0.2) is 0 Å². The smallest absolute Gasteiger partial charge is 0.0845 e. The molecule has 1 saturated heterocycles. The molecule has 2 heteroatoms. The first-order chi connectivity index (χ1) is 8.76. The Morgan fingerprint density at radius 2 is 1.39 bits per heavy atom. The third-order valence-electron chi connectivity index (χ3n) is 3.92. The number of hydrogen-bond donors (Lipinski definition) is 0. The minimum Gasteiger partial charge on any atom is -0.291 e. The molecule has 92 valence electrons. The molecule has 1 unspecified atom stereocenters. The first-order valence-corrected chi connectivity index (χ1v) is 7.47. The normalized spacial score (nSPS) is 22.4. The van der Waals surface area contributed by atoms with Crippen LogP contribution in [0.15, 0.2) is 60.7 Å². The van der Waals surface area contributed by atoms with Gasteiger partial charge in [0.2, 0.25) is 0 Å². The van der Waals surface area contributed by atoms with Crippen LogP contribution < -0.4 is 0 Å². The molecular formula is C16H16IN. The van der Waals surface area contributed by atoms with Gasteiger partial charge in [-0.3, -0.25) is 4.90 Å². The molecule has 0 bridgehead atoms. The highest BCUT2D eigenvalue weighted by Gasteiger charge is 2.52. The van der Waals surface area contributed by atoms with Crippen LogP contribution in [0.2, 0.25) is 0 Å². The molecule has 1 aliphatic rings. The van der Waals surface area contributed by atoms with Crippen molar-refractivity contribution < 1.29 is 0 Å². The Morgan fingerprint density at radius 3 is 1.72 bits per heavy atom. The molecule has 1 aliphatic heterocycles. The molecule has 0 N–H and O–H groups in total. The van der Waals surface area contributed by atoms with Crippen LogP contribution in [0.1, 0.15) is 11.1 Å². The third-order valence-corrected chi connectivity index (χ3v) is 5.21. The summed E-state index contributed by atoms with van der Waals surface area (Å²) in [6.07, 6.45) is 0. The largest absolute Gasteiger partial charge is 0.291 e. The second-order valence-corrected chi connectivity index (χ2v) is 6.35. The maximum atomic E-state index is 2.59. The number of nitrogens with zero attached hydrogens (tertiary/aromatic N) is 1. The van der Waals surface area contributed by atoms with Crippen molar-refractivity contribution in [2.24, 2.45) is 0 Å². The molecule has 18 heavy (non-hydrogen) atoms. The van der Waals surface area contributed by atoms with E-state index in [1.165, 1.54) is 11.1 Å². The van der Waals surface area contributed by atoms with Crippen molar-refractivity contribution in [3.8, 4) is 0 Å². The molecule has 0 aromatic heterocycles. The molecule has 3 rings (SSSR count). The fraction of sp³-hybridized carbons (Fsp3) is 0.250. The SMILES string of the molecule is CN1CC(I)C1(c1ccccc1)c1ccccc1. The van der Waals surface area contributed by atoms with E-state index in [0.717, 1.165) is 6.54 Å². The second kappa shape index (κ2) is 4.67. The Morgan fingerprint density at radius 1 is 0.944 bits per heavy atom.